The average molecular weight is 256 g/mol. The Labute approximate surface area is 110 Å². The third kappa shape index (κ3) is 4.78. The highest BCUT2D eigenvalue weighted by atomic mass is 35.5. The number of nitrogens with one attached hydrogen (secondary N) is 1. The summed E-state index contributed by atoms with van der Waals surface area (Å²) < 4.78 is 0. The van der Waals surface area contributed by atoms with E-state index in [-0.39, 0.29) is 18.3 Å². The number of amides is 1. The Kier molecular flexibility index (Phi) is 7.64. The van der Waals surface area contributed by atoms with Crippen LogP contribution in [0.2, 0.25) is 0 Å². The summed E-state index contributed by atoms with van der Waals surface area (Å²) in [5.41, 5.74) is 2.23. The molecule has 1 aromatic carbocycles. The molecule has 1 amide bonds. The first-order valence-electron chi connectivity index (χ1n) is 6.05. The number of hydrogen-bond donors (Lipinski definition) is 1. The van der Waals surface area contributed by atoms with E-state index < -0.39 is 0 Å². The van der Waals surface area contributed by atoms with Crippen molar-refractivity contribution in [2.45, 2.75) is 46.0 Å². The second-order valence-electron chi connectivity index (χ2n) is 4.16. The van der Waals surface area contributed by atoms with Crippen LogP contribution in [-0.2, 0) is 4.79 Å². The van der Waals surface area contributed by atoms with Gasteiger partial charge in [0.15, 0.2) is 0 Å². The fraction of sp³-hybridized carbons (Fsp3) is 0.500. The summed E-state index contributed by atoms with van der Waals surface area (Å²) in [4.78, 5) is 11.1. The Morgan fingerprint density at radius 1 is 1.29 bits per heavy atom. The molecule has 0 aromatic heterocycles. The molecule has 0 saturated carbocycles. The molecule has 0 spiro atoms. The van der Waals surface area contributed by atoms with E-state index in [9.17, 15) is 4.79 Å². The first-order chi connectivity index (χ1) is 7.69. The Balaban J connectivity index is 0.00000256. The number of carbonyl (C=O) groups is 1. The lowest BCUT2D eigenvalue weighted by Crippen LogP contribution is -2.10. The van der Waals surface area contributed by atoms with Crippen LogP contribution in [0, 0.1) is 0 Å². The monoisotopic (exact) mass is 255 g/mol. The quantitative estimate of drug-likeness (QED) is 0.832. The van der Waals surface area contributed by atoms with Gasteiger partial charge in [-0.05, 0) is 30.4 Å². The van der Waals surface area contributed by atoms with Gasteiger partial charge in [-0.3, -0.25) is 4.79 Å². The van der Waals surface area contributed by atoms with Gasteiger partial charge in [-0.25, -0.2) is 0 Å². The number of hydrogen-bond acceptors (Lipinski definition) is 1. The van der Waals surface area contributed by atoms with Crippen molar-refractivity contribution >= 4 is 24.0 Å². The van der Waals surface area contributed by atoms with Gasteiger partial charge in [0, 0.05) is 12.6 Å². The van der Waals surface area contributed by atoms with Crippen molar-refractivity contribution in [1.82, 2.24) is 0 Å². The summed E-state index contributed by atoms with van der Waals surface area (Å²) in [7, 11) is 0. The standard InChI is InChI=1S/C14H21NO.ClH/c1-4-8-12(5-2)13-9-6-7-10-14(13)15-11(3)16;/h6-7,9-10,12H,4-5,8H2,1-3H3,(H,15,16);1H. The van der Waals surface area contributed by atoms with Crippen LogP contribution in [0.5, 0.6) is 0 Å². The molecule has 0 bridgehead atoms. The summed E-state index contributed by atoms with van der Waals surface area (Å²) in [6, 6.07) is 8.11. The second kappa shape index (κ2) is 8.13. The molecular formula is C14H22ClNO. The summed E-state index contributed by atoms with van der Waals surface area (Å²) >= 11 is 0. The normalized spacial score (nSPS) is 11.5. The van der Waals surface area contributed by atoms with Crippen LogP contribution in [0.1, 0.15) is 51.5 Å². The molecule has 0 aliphatic carbocycles. The topological polar surface area (TPSA) is 29.1 Å². The SMILES string of the molecule is CCCC(CC)c1ccccc1NC(C)=O.Cl. The van der Waals surface area contributed by atoms with Gasteiger partial charge in [-0.15, -0.1) is 12.4 Å². The van der Waals surface area contributed by atoms with Gasteiger partial charge in [0.25, 0.3) is 0 Å². The summed E-state index contributed by atoms with van der Waals surface area (Å²) in [5.74, 6) is 0.548. The van der Waals surface area contributed by atoms with E-state index in [0.717, 1.165) is 12.1 Å². The summed E-state index contributed by atoms with van der Waals surface area (Å²) in [5, 5.41) is 2.91. The van der Waals surface area contributed by atoms with Crippen LogP contribution in [-0.4, -0.2) is 5.91 Å². The lowest BCUT2D eigenvalue weighted by molar-refractivity contribution is -0.114. The smallest absolute Gasteiger partial charge is 0.221 e. The minimum atomic E-state index is -0.00111. The van der Waals surface area contributed by atoms with Gasteiger partial charge in [-0.1, -0.05) is 38.5 Å². The second-order valence-corrected chi connectivity index (χ2v) is 4.16. The summed E-state index contributed by atoms with van der Waals surface area (Å²) in [6.07, 6.45) is 3.46. The molecule has 0 aliphatic heterocycles. The van der Waals surface area contributed by atoms with Crippen LogP contribution < -0.4 is 5.32 Å². The van der Waals surface area contributed by atoms with Crippen LogP contribution >= 0.6 is 12.4 Å². The third-order valence-corrected chi connectivity index (χ3v) is 2.84. The molecule has 1 atom stereocenters. The number of benzene rings is 1. The predicted molar refractivity (Wildman–Crippen MR) is 75.9 cm³/mol. The highest BCUT2D eigenvalue weighted by Crippen LogP contribution is 2.30. The van der Waals surface area contributed by atoms with Crippen molar-refractivity contribution in [2.75, 3.05) is 5.32 Å². The van der Waals surface area contributed by atoms with E-state index in [1.165, 1.54) is 18.4 Å². The molecule has 0 radical (unpaired) electrons. The molecule has 1 rings (SSSR count). The first-order valence-corrected chi connectivity index (χ1v) is 6.05. The summed E-state index contributed by atoms with van der Waals surface area (Å²) in [6.45, 7) is 5.95. The highest BCUT2D eigenvalue weighted by molar-refractivity contribution is 5.89. The molecule has 3 heteroatoms. The number of anilines is 1. The van der Waals surface area contributed by atoms with E-state index in [1.54, 1.807) is 6.92 Å². The Morgan fingerprint density at radius 3 is 2.47 bits per heavy atom. The van der Waals surface area contributed by atoms with Crippen molar-refractivity contribution in [3.05, 3.63) is 29.8 Å². The fourth-order valence-electron chi connectivity index (χ4n) is 2.08. The number of para-hydroxylation sites is 1. The van der Waals surface area contributed by atoms with Gasteiger partial charge >= 0.3 is 0 Å². The molecule has 2 nitrogen and oxygen atoms in total. The molecule has 0 aliphatic rings. The molecule has 1 unspecified atom stereocenters. The zero-order valence-electron chi connectivity index (χ0n) is 10.8. The molecule has 1 N–H and O–H groups in total. The lowest BCUT2D eigenvalue weighted by atomic mass is 9.91. The van der Waals surface area contributed by atoms with E-state index >= 15 is 0 Å². The van der Waals surface area contributed by atoms with Crippen LogP contribution in [0.15, 0.2) is 24.3 Å². The van der Waals surface area contributed by atoms with Crippen molar-refractivity contribution in [3.8, 4) is 0 Å². The van der Waals surface area contributed by atoms with Crippen molar-refractivity contribution in [2.24, 2.45) is 0 Å². The number of carbonyl (C=O) groups excluding carboxylic acids is 1. The number of halogens is 1. The maximum Gasteiger partial charge on any atom is 0.221 e. The maximum atomic E-state index is 11.1. The minimum Gasteiger partial charge on any atom is -0.326 e. The molecule has 96 valence electrons. The van der Waals surface area contributed by atoms with Crippen LogP contribution in [0.3, 0.4) is 0 Å². The highest BCUT2D eigenvalue weighted by Gasteiger charge is 2.12. The zero-order chi connectivity index (χ0) is 12.0. The largest absolute Gasteiger partial charge is 0.326 e. The Hall–Kier alpha value is -1.02. The van der Waals surface area contributed by atoms with Gasteiger partial charge in [0.2, 0.25) is 5.91 Å². The molecule has 0 saturated heterocycles. The van der Waals surface area contributed by atoms with Gasteiger partial charge < -0.3 is 5.32 Å². The van der Waals surface area contributed by atoms with E-state index in [4.69, 9.17) is 0 Å². The molecule has 1 aromatic rings. The van der Waals surface area contributed by atoms with E-state index in [2.05, 4.69) is 25.2 Å². The van der Waals surface area contributed by atoms with Gasteiger partial charge in [-0.2, -0.15) is 0 Å². The zero-order valence-corrected chi connectivity index (χ0v) is 11.6. The van der Waals surface area contributed by atoms with Crippen molar-refractivity contribution < 1.29 is 4.79 Å². The number of rotatable bonds is 5. The Bertz CT molecular complexity index is 352. The van der Waals surface area contributed by atoms with Crippen molar-refractivity contribution in [3.63, 3.8) is 0 Å². The molecule has 0 fully saturated rings. The van der Waals surface area contributed by atoms with E-state index in [0.29, 0.717) is 5.92 Å². The average Bonchev–Trinajstić information content (AvgIpc) is 2.26. The fourth-order valence-corrected chi connectivity index (χ4v) is 2.08. The Morgan fingerprint density at radius 2 is 1.94 bits per heavy atom. The molecule has 17 heavy (non-hydrogen) atoms. The first kappa shape index (κ1) is 16.0. The molecular weight excluding hydrogens is 234 g/mol. The lowest BCUT2D eigenvalue weighted by Gasteiger charge is -2.18. The van der Waals surface area contributed by atoms with Gasteiger partial charge in [0.05, 0.1) is 0 Å². The van der Waals surface area contributed by atoms with Crippen LogP contribution in [0.4, 0.5) is 5.69 Å². The van der Waals surface area contributed by atoms with Crippen LogP contribution in [0.25, 0.3) is 0 Å². The maximum absolute atomic E-state index is 11.1. The van der Waals surface area contributed by atoms with E-state index in [1.807, 2.05) is 18.2 Å². The van der Waals surface area contributed by atoms with Gasteiger partial charge in [0.1, 0.15) is 0 Å². The molecule has 0 heterocycles. The van der Waals surface area contributed by atoms with Crippen molar-refractivity contribution in [1.29, 1.82) is 0 Å². The minimum absolute atomic E-state index is 0. The predicted octanol–water partition coefficient (Wildman–Crippen LogP) is 4.36. The third-order valence-electron chi connectivity index (χ3n) is 2.84.